The molecule has 0 aliphatic rings. The topological polar surface area (TPSA) is 84.9 Å². The third-order valence-corrected chi connectivity index (χ3v) is 6.61. The minimum absolute atomic E-state index is 0.0259. The molecule has 0 heterocycles. The summed E-state index contributed by atoms with van der Waals surface area (Å²) >= 11 is 0. The maximum absolute atomic E-state index is 13.0. The molecule has 0 radical (unpaired) electrons. The van der Waals surface area contributed by atoms with E-state index in [0.717, 1.165) is 5.56 Å². The van der Waals surface area contributed by atoms with Crippen molar-refractivity contribution in [3.8, 4) is 11.5 Å². The van der Waals surface area contributed by atoms with Gasteiger partial charge in [0.15, 0.2) is 6.10 Å². The molecule has 0 aliphatic heterocycles. The second-order valence-electron chi connectivity index (χ2n) is 6.75. The summed E-state index contributed by atoms with van der Waals surface area (Å²) in [4.78, 5) is 12.6. The van der Waals surface area contributed by atoms with Gasteiger partial charge in [-0.3, -0.25) is 4.79 Å². The first-order chi connectivity index (χ1) is 14.2. The van der Waals surface area contributed by atoms with E-state index < -0.39 is 16.1 Å². The fourth-order valence-corrected chi connectivity index (χ4v) is 4.50. The molecular weight excluding hydrogens is 404 g/mol. The van der Waals surface area contributed by atoms with E-state index in [9.17, 15) is 13.2 Å². The third-order valence-electron chi connectivity index (χ3n) is 4.54. The van der Waals surface area contributed by atoms with Crippen LogP contribution in [0.3, 0.4) is 0 Å². The van der Waals surface area contributed by atoms with Crippen molar-refractivity contribution in [2.75, 3.05) is 25.0 Å². The Morgan fingerprint density at radius 2 is 1.70 bits per heavy atom. The van der Waals surface area contributed by atoms with Crippen LogP contribution in [-0.2, 0) is 14.8 Å². The molecule has 0 saturated carbocycles. The molecule has 30 heavy (non-hydrogen) atoms. The number of nitrogens with zero attached hydrogens (tertiary/aromatic N) is 1. The Morgan fingerprint density at radius 1 is 1.07 bits per heavy atom. The van der Waals surface area contributed by atoms with E-state index in [-0.39, 0.29) is 16.6 Å². The standard InChI is InChI=1S/C22H30N2O5S/c1-6-24(7-2)30(26,27)21-15-18(11-14-20(21)28-8-3)23-22(25)17(5)29-19-12-9-16(4)10-13-19/h9-15,17H,6-8H2,1-5H3,(H,23,25). The maximum Gasteiger partial charge on any atom is 0.265 e. The van der Waals surface area contributed by atoms with Crippen LogP contribution in [0.15, 0.2) is 47.4 Å². The number of sulfonamides is 1. The summed E-state index contributed by atoms with van der Waals surface area (Å²) in [5.74, 6) is 0.456. The number of ether oxygens (including phenoxy) is 2. The first-order valence-corrected chi connectivity index (χ1v) is 11.5. The molecule has 1 N–H and O–H groups in total. The fourth-order valence-electron chi connectivity index (χ4n) is 2.88. The zero-order chi connectivity index (χ0) is 22.3. The van der Waals surface area contributed by atoms with Gasteiger partial charge < -0.3 is 14.8 Å². The van der Waals surface area contributed by atoms with Crippen molar-refractivity contribution < 1.29 is 22.7 Å². The average Bonchev–Trinajstić information content (AvgIpc) is 2.71. The van der Waals surface area contributed by atoms with Gasteiger partial charge in [-0.25, -0.2) is 8.42 Å². The van der Waals surface area contributed by atoms with Crippen molar-refractivity contribution in [1.29, 1.82) is 0 Å². The summed E-state index contributed by atoms with van der Waals surface area (Å²) in [6, 6.07) is 12.0. The quantitative estimate of drug-likeness (QED) is 0.614. The molecule has 1 atom stereocenters. The van der Waals surface area contributed by atoms with E-state index in [0.29, 0.717) is 31.1 Å². The van der Waals surface area contributed by atoms with Gasteiger partial charge in [0.1, 0.15) is 16.4 Å². The molecule has 2 rings (SSSR count). The normalized spacial score (nSPS) is 12.5. The van der Waals surface area contributed by atoms with Crippen LogP contribution in [0.25, 0.3) is 0 Å². The highest BCUT2D eigenvalue weighted by atomic mass is 32.2. The van der Waals surface area contributed by atoms with Crippen molar-refractivity contribution >= 4 is 21.6 Å². The van der Waals surface area contributed by atoms with Crippen molar-refractivity contribution in [3.63, 3.8) is 0 Å². The number of nitrogens with one attached hydrogen (secondary N) is 1. The molecule has 1 unspecified atom stereocenters. The van der Waals surface area contributed by atoms with Gasteiger partial charge >= 0.3 is 0 Å². The lowest BCUT2D eigenvalue weighted by Crippen LogP contribution is -2.32. The molecule has 8 heteroatoms. The lowest BCUT2D eigenvalue weighted by Gasteiger charge is -2.21. The predicted molar refractivity (Wildman–Crippen MR) is 118 cm³/mol. The summed E-state index contributed by atoms with van der Waals surface area (Å²) < 4.78 is 38.6. The molecule has 164 valence electrons. The molecule has 0 spiro atoms. The average molecular weight is 435 g/mol. The summed E-state index contributed by atoms with van der Waals surface area (Å²) in [6.07, 6.45) is -0.762. The van der Waals surface area contributed by atoms with Gasteiger partial charge in [0.05, 0.1) is 6.61 Å². The molecule has 2 aromatic carbocycles. The first kappa shape index (κ1) is 23.7. The first-order valence-electron chi connectivity index (χ1n) is 10.0. The van der Waals surface area contributed by atoms with Gasteiger partial charge in [-0.2, -0.15) is 4.31 Å². The van der Waals surface area contributed by atoms with Crippen molar-refractivity contribution in [1.82, 2.24) is 4.31 Å². The van der Waals surface area contributed by atoms with Gasteiger partial charge in [-0.05, 0) is 51.1 Å². The Hall–Kier alpha value is -2.58. The molecule has 0 saturated heterocycles. The minimum Gasteiger partial charge on any atom is -0.492 e. The van der Waals surface area contributed by atoms with E-state index in [1.807, 2.05) is 19.1 Å². The summed E-state index contributed by atoms with van der Waals surface area (Å²) in [5, 5.41) is 2.73. The highest BCUT2D eigenvalue weighted by molar-refractivity contribution is 7.89. The van der Waals surface area contributed by atoms with E-state index in [4.69, 9.17) is 9.47 Å². The van der Waals surface area contributed by atoms with E-state index in [1.54, 1.807) is 52.0 Å². The number of rotatable bonds is 10. The number of carbonyl (C=O) groups excluding carboxylic acids is 1. The summed E-state index contributed by atoms with van der Waals surface area (Å²) in [5.41, 5.74) is 1.45. The van der Waals surface area contributed by atoms with Crippen LogP contribution in [0.1, 0.15) is 33.3 Å². The number of benzene rings is 2. The molecule has 0 fully saturated rings. The van der Waals surface area contributed by atoms with Gasteiger partial charge in [0.25, 0.3) is 5.91 Å². The largest absolute Gasteiger partial charge is 0.492 e. The van der Waals surface area contributed by atoms with Crippen molar-refractivity contribution in [2.24, 2.45) is 0 Å². The van der Waals surface area contributed by atoms with Crippen LogP contribution in [0.5, 0.6) is 11.5 Å². The van der Waals surface area contributed by atoms with E-state index in [1.165, 1.54) is 10.4 Å². The Labute approximate surface area is 179 Å². The smallest absolute Gasteiger partial charge is 0.265 e. The predicted octanol–water partition coefficient (Wildman–Crippen LogP) is 3.83. The SMILES string of the molecule is CCOc1ccc(NC(=O)C(C)Oc2ccc(C)cc2)cc1S(=O)(=O)N(CC)CC. The second-order valence-corrected chi connectivity index (χ2v) is 8.65. The van der Waals surface area contributed by atoms with E-state index >= 15 is 0 Å². The molecule has 0 aromatic heterocycles. The highest BCUT2D eigenvalue weighted by Gasteiger charge is 2.26. The lowest BCUT2D eigenvalue weighted by atomic mass is 10.2. The van der Waals surface area contributed by atoms with Gasteiger partial charge in [0.2, 0.25) is 10.0 Å². The van der Waals surface area contributed by atoms with Gasteiger partial charge in [-0.15, -0.1) is 0 Å². The van der Waals surface area contributed by atoms with E-state index in [2.05, 4.69) is 5.32 Å². The van der Waals surface area contributed by atoms with Crippen LogP contribution >= 0.6 is 0 Å². The molecule has 7 nitrogen and oxygen atoms in total. The Morgan fingerprint density at radius 3 is 2.27 bits per heavy atom. The van der Waals surface area contributed by atoms with Gasteiger partial charge in [-0.1, -0.05) is 31.5 Å². The molecule has 2 aromatic rings. The zero-order valence-corrected chi connectivity index (χ0v) is 19.0. The Bertz CT molecular complexity index is 954. The number of hydrogen-bond acceptors (Lipinski definition) is 5. The highest BCUT2D eigenvalue weighted by Crippen LogP contribution is 2.30. The van der Waals surface area contributed by atoms with Crippen LogP contribution in [0.4, 0.5) is 5.69 Å². The van der Waals surface area contributed by atoms with Crippen molar-refractivity contribution in [3.05, 3.63) is 48.0 Å². The molecule has 0 aliphatic carbocycles. The Balaban J connectivity index is 2.25. The second kappa shape index (κ2) is 10.4. The number of amides is 1. The van der Waals surface area contributed by atoms with Crippen LogP contribution < -0.4 is 14.8 Å². The van der Waals surface area contributed by atoms with Crippen LogP contribution in [-0.4, -0.2) is 44.4 Å². The van der Waals surface area contributed by atoms with Crippen LogP contribution in [0.2, 0.25) is 0 Å². The Kier molecular flexibility index (Phi) is 8.25. The monoisotopic (exact) mass is 434 g/mol. The zero-order valence-electron chi connectivity index (χ0n) is 18.1. The number of aryl methyl sites for hydroxylation is 1. The molecular formula is C22H30N2O5S. The van der Waals surface area contributed by atoms with Crippen molar-refractivity contribution in [2.45, 2.75) is 45.6 Å². The van der Waals surface area contributed by atoms with Crippen LogP contribution in [0, 0.1) is 6.92 Å². The number of anilines is 1. The maximum atomic E-state index is 13.0. The lowest BCUT2D eigenvalue weighted by molar-refractivity contribution is -0.122. The third kappa shape index (κ3) is 5.73. The minimum atomic E-state index is -3.76. The number of hydrogen-bond donors (Lipinski definition) is 1. The molecule has 0 bridgehead atoms. The van der Waals surface area contributed by atoms with Gasteiger partial charge in [0, 0.05) is 18.8 Å². The fraction of sp³-hybridized carbons (Fsp3) is 0.409. The number of carbonyl (C=O) groups is 1. The summed E-state index contributed by atoms with van der Waals surface area (Å²) in [7, 11) is -3.76. The molecule has 1 amide bonds. The summed E-state index contributed by atoms with van der Waals surface area (Å²) in [6.45, 7) is 9.94.